The largest absolute Gasteiger partial charge is 0.314 e. The van der Waals surface area contributed by atoms with Gasteiger partial charge in [0, 0.05) is 5.56 Å². The van der Waals surface area contributed by atoms with Crippen molar-refractivity contribution < 1.29 is 0 Å². The highest BCUT2D eigenvalue weighted by atomic mass is 32.1. The van der Waals surface area contributed by atoms with Crippen molar-refractivity contribution in [2.45, 2.75) is 13.8 Å². The van der Waals surface area contributed by atoms with Gasteiger partial charge in [-0.3, -0.25) is 0 Å². The molecule has 0 atom stereocenters. The van der Waals surface area contributed by atoms with Gasteiger partial charge in [0.05, 0.1) is 0 Å². The van der Waals surface area contributed by atoms with Crippen LogP contribution in [0.4, 0.5) is 0 Å². The molecule has 0 bridgehead atoms. The molecular weight excluding hydrogens is 168 g/mol. The second kappa shape index (κ2) is 3.65. The molecule has 0 unspecified atom stereocenters. The SMILES string of the molecule is Cc1ccc(C(=S)NN)cc1C. The summed E-state index contributed by atoms with van der Waals surface area (Å²) in [7, 11) is 0. The van der Waals surface area contributed by atoms with Crippen molar-refractivity contribution in [3.05, 3.63) is 34.9 Å². The summed E-state index contributed by atoms with van der Waals surface area (Å²) in [5.41, 5.74) is 5.92. The molecule has 3 heteroatoms. The van der Waals surface area contributed by atoms with Gasteiger partial charge in [0.2, 0.25) is 0 Å². The van der Waals surface area contributed by atoms with Gasteiger partial charge in [-0.2, -0.15) is 0 Å². The van der Waals surface area contributed by atoms with Crippen LogP contribution in [0.15, 0.2) is 18.2 Å². The molecule has 0 spiro atoms. The Bertz CT molecular complexity index is 307. The highest BCUT2D eigenvalue weighted by Crippen LogP contribution is 2.09. The Hall–Kier alpha value is -0.930. The molecule has 1 aromatic carbocycles. The molecule has 0 aromatic heterocycles. The first kappa shape index (κ1) is 9.16. The molecule has 2 nitrogen and oxygen atoms in total. The average Bonchev–Trinajstić information content (AvgIpc) is 2.08. The third kappa shape index (κ3) is 1.81. The van der Waals surface area contributed by atoms with E-state index < -0.39 is 0 Å². The number of nitrogens with two attached hydrogens (primary N) is 1. The molecule has 0 aliphatic heterocycles. The van der Waals surface area contributed by atoms with E-state index in [-0.39, 0.29) is 0 Å². The Morgan fingerprint density at radius 3 is 2.50 bits per heavy atom. The number of hydrazine groups is 1. The van der Waals surface area contributed by atoms with Gasteiger partial charge in [-0.15, -0.1) is 0 Å². The molecule has 0 saturated heterocycles. The molecule has 1 aromatic rings. The lowest BCUT2D eigenvalue weighted by Gasteiger charge is -2.05. The van der Waals surface area contributed by atoms with E-state index in [1.165, 1.54) is 11.1 Å². The van der Waals surface area contributed by atoms with Crippen molar-refractivity contribution in [3.63, 3.8) is 0 Å². The van der Waals surface area contributed by atoms with Crippen molar-refractivity contribution in [1.29, 1.82) is 0 Å². The summed E-state index contributed by atoms with van der Waals surface area (Å²) >= 11 is 4.99. The maximum atomic E-state index is 5.20. The molecule has 0 radical (unpaired) electrons. The van der Waals surface area contributed by atoms with Gasteiger partial charge in [0.15, 0.2) is 0 Å². The summed E-state index contributed by atoms with van der Waals surface area (Å²) in [6.07, 6.45) is 0. The van der Waals surface area contributed by atoms with Gasteiger partial charge in [0.25, 0.3) is 0 Å². The van der Waals surface area contributed by atoms with Crippen molar-refractivity contribution in [3.8, 4) is 0 Å². The molecule has 64 valence electrons. The smallest absolute Gasteiger partial charge is 0.120 e. The summed E-state index contributed by atoms with van der Waals surface area (Å²) in [5.74, 6) is 5.20. The van der Waals surface area contributed by atoms with E-state index in [9.17, 15) is 0 Å². The molecule has 0 saturated carbocycles. The van der Waals surface area contributed by atoms with E-state index in [1.807, 2.05) is 18.2 Å². The van der Waals surface area contributed by atoms with Gasteiger partial charge in [-0.1, -0.05) is 24.4 Å². The highest BCUT2D eigenvalue weighted by molar-refractivity contribution is 7.80. The van der Waals surface area contributed by atoms with Crippen molar-refractivity contribution in [2.75, 3.05) is 0 Å². The first-order valence-corrected chi connectivity index (χ1v) is 4.14. The fourth-order valence-corrected chi connectivity index (χ4v) is 1.09. The number of hydrogen-bond donors (Lipinski definition) is 2. The first-order chi connectivity index (χ1) is 5.65. The van der Waals surface area contributed by atoms with Gasteiger partial charge in [-0.25, -0.2) is 5.84 Å². The minimum absolute atomic E-state index is 0.582. The third-order valence-corrected chi connectivity index (χ3v) is 2.25. The number of thiocarbonyl (C=S) groups is 1. The maximum Gasteiger partial charge on any atom is 0.120 e. The minimum Gasteiger partial charge on any atom is -0.314 e. The Morgan fingerprint density at radius 1 is 1.33 bits per heavy atom. The Kier molecular flexibility index (Phi) is 2.78. The lowest BCUT2D eigenvalue weighted by Crippen LogP contribution is -2.29. The monoisotopic (exact) mass is 180 g/mol. The predicted molar refractivity (Wildman–Crippen MR) is 54.9 cm³/mol. The van der Waals surface area contributed by atoms with E-state index in [0.717, 1.165) is 5.56 Å². The predicted octanol–water partition coefficient (Wildman–Crippen LogP) is 1.44. The average molecular weight is 180 g/mol. The van der Waals surface area contributed by atoms with Crippen LogP contribution in [0.25, 0.3) is 0 Å². The van der Waals surface area contributed by atoms with Crippen LogP contribution in [0.1, 0.15) is 16.7 Å². The number of aryl methyl sites for hydroxylation is 2. The van der Waals surface area contributed by atoms with Crippen LogP contribution in [-0.4, -0.2) is 4.99 Å². The molecule has 1 rings (SSSR count). The normalized spacial score (nSPS) is 9.58. The summed E-state index contributed by atoms with van der Waals surface area (Å²) in [5, 5.41) is 0. The van der Waals surface area contributed by atoms with E-state index in [4.69, 9.17) is 18.1 Å². The lowest BCUT2D eigenvalue weighted by atomic mass is 10.1. The molecule has 0 heterocycles. The van der Waals surface area contributed by atoms with Gasteiger partial charge in [-0.05, 0) is 31.0 Å². The van der Waals surface area contributed by atoms with Crippen LogP contribution in [0.2, 0.25) is 0 Å². The van der Waals surface area contributed by atoms with E-state index in [1.54, 1.807) is 0 Å². The van der Waals surface area contributed by atoms with Gasteiger partial charge >= 0.3 is 0 Å². The zero-order valence-electron chi connectivity index (χ0n) is 7.22. The van der Waals surface area contributed by atoms with Crippen LogP contribution in [0, 0.1) is 13.8 Å². The fourth-order valence-electron chi connectivity index (χ4n) is 0.966. The molecule has 0 amide bonds. The molecule has 12 heavy (non-hydrogen) atoms. The molecular formula is C9H12N2S. The fraction of sp³-hybridized carbons (Fsp3) is 0.222. The van der Waals surface area contributed by atoms with Crippen LogP contribution in [0.5, 0.6) is 0 Å². The quantitative estimate of drug-likeness (QED) is 0.390. The number of hydrogen-bond acceptors (Lipinski definition) is 2. The minimum atomic E-state index is 0.582. The summed E-state index contributed by atoms with van der Waals surface area (Å²) in [4.78, 5) is 0.582. The van der Waals surface area contributed by atoms with Crippen molar-refractivity contribution >= 4 is 17.2 Å². The molecule has 3 N–H and O–H groups in total. The summed E-state index contributed by atoms with van der Waals surface area (Å²) < 4.78 is 0. The second-order valence-corrected chi connectivity index (χ2v) is 3.18. The molecule has 0 aliphatic carbocycles. The highest BCUT2D eigenvalue weighted by Gasteiger charge is 1.99. The molecule has 0 fully saturated rings. The third-order valence-electron chi connectivity index (χ3n) is 1.90. The van der Waals surface area contributed by atoms with Crippen LogP contribution < -0.4 is 11.3 Å². The van der Waals surface area contributed by atoms with Gasteiger partial charge < -0.3 is 5.43 Å². The number of nitrogens with one attached hydrogen (secondary N) is 1. The van der Waals surface area contributed by atoms with Crippen LogP contribution in [0.3, 0.4) is 0 Å². The van der Waals surface area contributed by atoms with E-state index >= 15 is 0 Å². The maximum absolute atomic E-state index is 5.20. The Labute approximate surface area is 77.7 Å². The van der Waals surface area contributed by atoms with Crippen molar-refractivity contribution in [2.24, 2.45) is 5.84 Å². The standard InChI is InChI=1S/C9H12N2S/c1-6-3-4-8(5-7(6)2)9(12)11-10/h3-5H,10H2,1-2H3,(H,11,12). The van der Waals surface area contributed by atoms with Gasteiger partial charge in [0.1, 0.15) is 4.99 Å². The zero-order chi connectivity index (χ0) is 9.14. The van der Waals surface area contributed by atoms with E-state index in [2.05, 4.69) is 19.3 Å². The number of rotatable bonds is 1. The lowest BCUT2D eigenvalue weighted by molar-refractivity contribution is 1.05. The Morgan fingerprint density at radius 2 is 2.00 bits per heavy atom. The van der Waals surface area contributed by atoms with Crippen LogP contribution in [-0.2, 0) is 0 Å². The zero-order valence-corrected chi connectivity index (χ0v) is 8.03. The summed E-state index contributed by atoms with van der Waals surface area (Å²) in [6.45, 7) is 4.12. The van der Waals surface area contributed by atoms with E-state index in [0.29, 0.717) is 4.99 Å². The summed E-state index contributed by atoms with van der Waals surface area (Å²) in [6, 6.07) is 6.02. The molecule has 0 aliphatic rings. The van der Waals surface area contributed by atoms with Crippen molar-refractivity contribution in [1.82, 2.24) is 5.43 Å². The topological polar surface area (TPSA) is 38.0 Å². The van der Waals surface area contributed by atoms with Crippen LogP contribution >= 0.6 is 12.2 Å². The number of benzene rings is 1. The second-order valence-electron chi connectivity index (χ2n) is 2.77. The Balaban J connectivity index is 3.05. The first-order valence-electron chi connectivity index (χ1n) is 3.73.